The summed E-state index contributed by atoms with van der Waals surface area (Å²) in [6.07, 6.45) is 2.88. The van der Waals surface area contributed by atoms with Crippen LogP contribution in [0.25, 0.3) is 0 Å². The van der Waals surface area contributed by atoms with Crippen molar-refractivity contribution in [3.05, 3.63) is 34.1 Å². The van der Waals surface area contributed by atoms with E-state index in [-0.39, 0.29) is 5.56 Å². The smallest absolute Gasteiger partial charge is 0.340 e. The lowest BCUT2D eigenvalue weighted by atomic mass is 9.83. The number of hydrogen-bond acceptors (Lipinski definition) is 4. The number of rotatable bonds is 4. The van der Waals surface area contributed by atoms with E-state index in [1.807, 2.05) is 0 Å². The SMILES string of the molecule is C[C@H](OC(=O)c1cc(F)ccc1Br)C(=O)NC1(C#N)CCCCC1. The largest absolute Gasteiger partial charge is 0.449 e. The molecule has 0 aromatic heterocycles. The highest BCUT2D eigenvalue weighted by Gasteiger charge is 2.35. The fourth-order valence-corrected chi connectivity index (χ4v) is 3.10. The van der Waals surface area contributed by atoms with Crippen LogP contribution in [0.1, 0.15) is 49.4 Å². The number of esters is 1. The van der Waals surface area contributed by atoms with Gasteiger partial charge in [-0.25, -0.2) is 9.18 Å². The molecule has 0 heterocycles. The maximum absolute atomic E-state index is 13.3. The van der Waals surface area contributed by atoms with Gasteiger partial charge in [0.05, 0.1) is 11.6 Å². The van der Waals surface area contributed by atoms with Crippen LogP contribution >= 0.6 is 15.9 Å². The Bertz CT molecular complexity index is 681. The third kappa shape index (κ3) is 4.32. The van der Waals surface area contributed by atoms with Gasteiger partial charge in [0.2, 0.25) is 0 Å². The predicted octanol–water partition coefficient (Wildman–Crippen LogP) is 3.48. The van der Waals surface area contributed by atoms with Crippen LogP contribution in [0.3, 0.4) is 0 Å². The molecule has 0 spiro atoms. The molecule has 1 N–H and O–H groups in total. The zero-order chi connectivity index (χ0) is 17.7. The van der Waals surface area contributed by atoms with Gasteiger partial charge in [-0.15, -0.1) is 0 Å². The van der Waals surface area contributed by atoms with E-state index in [1.165, 1.54) is 19.1 Å². The molecular weight excluding hydrogens is 379 g/mol. The maximum Gasteiger partial charge on any atom is 0.340 e. The van der Waals surface area contributed by atoms with Gasteiger partial charge >= 0.3 is 5.97 Å². The molecule has 0 aliphatic heterocycles. The number of ether oxygens (including phenoxy) is 1. The van der Waals surface area contributed by atoms with E-state index in [0.29, 0.717) is 17.3 Å². The van der Waals surface area contributed by atoms with Crippen molar-refractivity contribution >= 4 is 27.8 Å². The van der Waals surface area contributed by atoms with Crippen LogP contribution in [-0.2, 0) is 9.53 Å². The zero-order valence-corrected chi connectivity index (χ0v) is 14.9. The summed E-state index contributed by atoms with van der Waals surface area (Å²) in [5, 5.41) is 12.1. The highest BCUT2D eigenvalue weighted by atomic mass is 79.9. The standard InChI is InChI=1S/C17H18BrFN2O3/c1-11(15(22)21-17(10-20)7-3-2-4-8-17)24-16(23)13-9-12(19)5-6-14(13)18/h5-6,9,11H,2-4,7-8H2,1H3,(H,21,22)/t11-/m0/s1. The van der Waals surface area contributed by atoms with E-state index in [4.69, 9.17) is 4.74 Å². The summed E-state index contributed by atoms with van der Waals surface area (Å²) in [6.45, 7) is 1.42. The molecule has 1 fully saturated rings. The van der Waals surface area contributed by atoms with Crippen molar-refractivity contribution in [1.82, 2.24) is 5.32 Å². The number of benzene rings is 1. The molecule has 7 heteroatoms. The normalized spacial score (nSPS) is 17.4. The number of amides is 1. The fourth-order valence-electron chi connectivity index (χ4n) is 2.69. The van der Waals surface area contributed by atoms with Crippen LogP contribution in [0.15, 0.2) is 22.7 Å². The highest BCUT2D eigenvalue weighted by molar-refractivity contribution is 9.10. The van der Waals surface area contributed by atoms with Crippen molar-refractivity contribution in [2.45, 2.75) is 50.7 Å². The fraction of sp³-hybridized carbons (Fsp3) is 0.471. The lowest BCUT2D eigenvalue weighted by molar-refractivity contribution is -0.130. The van der Waals surface area contributed by atoms with E-state index in [2.05, 4.69) is 27.3 Å². The second-order valence-electron chi connectivity index (χ2n) is 5.92. The Morgan fingerprint density at radius 2 is 2.04 bits per heavy atom. The Morgan fingerprint density at radius 1 is 1.38 bits per heavy atom. The average molecular weight is 397 g/mol. The van der Waals surface area contributed by atoms with Crippen LogP contribution in [-0.4, -0.2) is 23.5 Å². The van der Waals surface area contributed by atoms with E-state index in [9.17, 15) is 19.2 Å². The van der Waals surface area contributed by atoms with Crippen molar-refractivity contribution in [3.8, 4) is 6.07 Å². The van der Waals surface area contributed by atoms with Crippen molar-refractivity contribution in [3.63, 3.8) is 0 Å². The van der Waals surface area contributed by atoms with Crippen molar-refractivity contribution in [2.24, 2.45) is 0 Å². The molecule has 1 aromatic rings. The molecule has 1 aromatic carbocycles. The first-order valence-electron chi connectivity index (χ1n) is 7.76. The van der Waals surface area contributed by atoms with Gasteiger partial charge in [-0.1, -0.05) is 19.3 Å². The zero-order valence-electron chi connectivity index (χ0n) is 13.3. The Hall–Kier alpha value is -1.94. The molecule has 24 heavy (non-hydrogen) atoms. The Morgan fingerprint density at radius 3 is 2.67 bits per heavy atom. The monoisotopic (exact) mass is 396 g/mol. The lowest BCUT2D eigenvalue weighted by Crippen LogP contribution is -2.52. The lowest BCUT2D eigenvalue weighted by Gasteiger charge is -2.32. The number of nitrogens with zero attached hydrogens (tertiary/aromatic N) is 1. The maximum atomic E-state index is 13.3. The summed E-state index contributed by atoms with van der Waals surface area (Å²) in [7, 11) is 0. The van der Waals surface area contributed by atoms with Gasteiger partial charge in [0.25, 0.3) is 5.91 Å². The molecule has 0 saturated heterocycles. The first-order chi connectivity index (χ1) is 11.4. The Kier molecular flexibility index (Phi) is 5.94. The van der Waals surface area contributed by atoms with Crippen LogP contribution in [0.5, 0.6) is 0 Å². The van der Waals surface area contributed by atoms with Crippen LogP contribution < -0.4 is 5.32 Å². The first-order valence-corrected chi connectivity index (χ1v) is 8.55. The number of halogens is 2. The summed E-state index contributed by atoms with van der Waals surface area (Å²) in [6, 6.07) is 5.81. The van der Waals surface area contributed by atoms with Gasteiger partial charge in [-0.2, -0.15) is 5.26 Å². The van der Waals surface area contributed by atoms with Gasteiger partial charge in [-0.3, -0.25) is 4.79 Å². The van der Waals surface area contributed by atoms with Crippen LogP contribution in [0.2, 0.25) is 0 Å². The number of carbonyl (C=O) groups is 2. The molecule has 1 atom stereocenters. The summed E-state index contributed by atoms with van der Waals surface area (Å²) in [5.74, 6) is -1.91. The number of nitrogens with one attached hydrogen (secondary N) is 1. The highest BCUT2D eigenvalue weighted by Crippen LogP contribution is 2.27. The average Bonchev–Trinajstić information content (AvgIpc) is 2.57. The Balaban J connectivity index is 2.02. The molecule has 128 valence electrons. The van der Waals surface area contributed by atoms with Gasteiger partial charge in [0.1, 0.15) is 11.4 Å². The second-order valence-corrected chi connectivity index (χ2v) is 6.77. The summed E-state index contributed by atoms with van der Waals surface area (Å²) in [4.78, 5) is 24.4. The van der Waals surface area contributed by atoms with E-state index in [0.717, 1.165) is 25.3 Å². The van der Waals surface area contributed by atoms with Crippen LogP contribution in [0, 0.1) is 17.1 Å². The van der Waals surface area contributed by atoms with Gasteiger partial charge < -0.3 is 10.1 Å². The molecule has 5 nitrogen and oxygen atoms in total. The first kappa shape index (κ1) is 18.4. The molecule has 1 amide bonds. The van der Waals surface area contributed by atoms with Gasteiger partial charge in [0, 0.05) is 4.47 Å². The summed E-state index contributed by atoms with van der Waals surface area (Å²) in [5.41, 5.74) is -0.891. The second kappa shape index (κ2) is 7.75. The quantitative estimate of drug-likeness (QED) is 0.790. The minimum absolute atomic E-state index is 0.00214. The number of nitriles is 1. The third-order valence-electron chi connectivity index (χ3n) is 4.08. The molecule has 1 aliphatic carbocycles. The molecule has 1 saturated carbocycles. The predicted molar refractivity (Wildman–Crippen MR) is 88.5 cm³/mol. The van der Waals surface area contributed by atoms with Gasteiger partial charge in [-0.05, 0) is 53.9 Å². The topological polar surface area (TPSA) is 79.2 Å². The van der Waals surface area contributed by atoms with Crippen molar-refractivity contribution < 1.29 is 18.7 Å². The Labute approximate surface area is 148 Å². The van der Waals surface area contributed by atoms with Gasteiger partial charge in [0.15, 0.2) is 6.10 Å². The van der Waals surface area contributed by atoms with E-state index >= 15 is 0 Å². The number of hydrogen-bond donors (Lipinski definition) is 1. The molecule has 0 bridgehead atoms. The van der Waals surface area contributed by atoms with Crippen LogP contribution in [0.4, 0.5) is 4.39 Å². The minimum atomic E-state index is -1.08. The molecular formula is C17H18BrFN2O3. The number of carbonyl (C=O) groups excluding carboxylic acids is 2. The minimum Gasteiger partial charge on any atom is -0.449 e. The summed E-state index contributed by atoms with van der Waals surface area (Å²) >= 11 is 3.15. The molecule has 0 radical (unpaired) electrons. The van der Waals surface area contributed by atoms with Crippen molar-refractivity contribution in [2.75, 3.05) is 0 Å². The van der Waals surface area contributed by atoms with E-state index in [1.54, 1.807) is 0 Å². The molecule has 1 aliphatic rings. The molecule has 2 rings (SSSR count). The third-order valence-corrected chi connectivity index (χ3v) is 4.78. The van der Waals surface area contributed by atoms with Crippen molar-refractivity contribution in [1.29, 1.82) is 5.26 Å². The van der Waals surface area contributed by atoms with E-state index < -0.39 is 29.3 Å². The summed E-state index contributed by atoms with van der Waals surface area (Å²) < 4.78 is 18.7. The molecule has 0 unspecified atom stereocenters.